The fourth-order valence-electron chi connectivity index (χ4n) is 3.46. The van der Waals surface area contributed by atoms with E-state index in [0.29, 0.717) is 0 Å². The molecule has 1 N–H and O–H groups in total. The summed E-state index contributed by atoms with van der Waals surface area (Å²) in [6.07, 6.45) is 0.922. The van der Waals surface area contributed by atoms with Crippen molar-refractivity contribution in [1.82, 2.24) is 10.2 Å². The molecule has 0 bridgehead atoms. The SMILES string of the molecule is c1ccc(CN2CC3=C(C2)C2(CCN3)OCCO2)cc1. The summed E-state index contributed by atoms with van der Waals surface area (Å²) in [7, 11) is 0. The Hall–Kier alpha value is -1.36. The molecule has 0 radical (unpaired) electrons. The molecule has 4 heteroatoms. The van der Waals surface area contributed by atoms with Crippen LogP contribution in [0.3, 0.4) is 0 Å². The van der Waals surface area contributed by atoms with Crippen molar-refractivity contribution in [2.24, 2.45) is 0 Å². The van der Waals surface area contributed by atoms with Crippen molar-refractivity contribution in [2.45, 2.75) is 18.8 Å². The Morgan fingerprint density at radius 3 is 2.70 bits per heavy atom. The van der Waals surface area contributed by atoms with E-state index in [1.54, 1.807) is 0 Å². The largest absolute Gasteiger partial charge is 0.387 e. The van der Waals surface area contributed by atoms with Gasteiger partial charge in [-0.1, -0.05) is 30.3 Å². The first-order valence-corrected chi connectivity index (χ1v) is 7.36. The Bertz CT molecular complexity index is 521. The van der Waals surface area contributed by atoms with Crippen molar-refractivity contribution in [1.29, 1.82) is 0 Å². The standard InChI is InChI=1S/C16H20N2O2/c1-2-4-13(5-3-1)10-18-11-14-15(12-18)17-7-6-16(14)19-8-9-20-16/h1-5,17H,6-12H2. The number of hydrogen-bond acceptors (Lipinski definition) is 4. The van der Waals surface area contributed by atoms with Crippen LogP contribution in [0.1, 0.15) is 12.0 Å². The van der Waals surface area contributed by atoms with Gasteiger partial charge in [-0.15, -0.1) is 0 Å². The molecule has 1 aromatic carbocycles. The monoisotopic (exact) mass is 272 g/mol. The molecule has 1 saturated heterocycles. The van der Waals surface area contributed by atoms with Gasteiger partial charge in [0.15, 0.2) is 5.79 Å². The fourth-order valence-corrected chi connectivity index (χ4v) is 3.46. The maximum Gasteiger partial charge on any atom is 0.195 e. The Kier molecular flexibility index (Phi) is 3.02. The minimum Gasteiger partial charge on any atom is -0.387 e. The van der Waals surface area contributed by atoms with Gasteiger partial charge in [0.1, 0.15) is 0 Å². The van der Waals surface area contributed by atoms with Crippen LogP contribution in [0.15, 0.2) is 41.6 Å². The van der Waals surface area contributed by atoms with Gasteiger partial charge in [0, 0.05) is 43.9 Å². The summed E-state index contributed by atoms with van der Waals surface area (Å²) >= 11 is 0. The smallest absolute Gasteiger partial charge is 0.195 e. The number of benzene rings is 1. The molecule has 4 rings (SSSR count). The second kappa shape index (κ2) is 4.88. The van der Waals surface area contributed by atoms with Crippen LogP contribution in [0.4, 0.5) is 0 Å². The number of ether oxygens (including phenoxy) is 2. The van der Waals surface area contributed by atoms with Gasteiger partial charge >= 0.3 is 0 Å². The summed E-state index contributed by atoms with van der Waals surface area (Å²) in [6.45, 7) is 5.27. The third-order valence-corrected chi connectivity index (χ3v) is 4.38. The number of rotatable bonds is 2. The first-order valence-electron chi connectivity index (χ1n) is 7.36. The summed E-state index contributed by atoms with van der Waals surface area (Å²) in [5.74, 6) is -0.425. The highest BCUT2D eigenvalue weighted by molar-refractivity contribution is 5.32. The number of hydrogen-bond donors (Lipinski definition) is 1. The second-order valence-corrected chi connectivity index (χ2v) is 5.71. The van der Waals surface area contributed by atoms with Crippen LogP contribution in [0.2, 0.25) is 0 Å². The lowest BCUT2D eigenvalue weighted by Gasteiger charge is -2.33. The Balaban J connectivity index is 1.51. The van der Waals surface area contributed by atoms with E-state index in [4.69, 9.17) is 9.47 Å². The van der Waals surface area contributed by atoms with Gasteiger partial charge in [0.25, 0.3) is 0 Å². The molecule has 3 aliphatic rings. The zero-order valence-corrected chi connectivity index (χ0v) is 11.6. The summed E-state index contributed by atoms with van der Waals surface area (Å²) < 4.78 is 11.9. The van der Waals surface area contributed by atoms with Crippen LogP contribution in [0.25, 0.3) is 0 Å². The molecular formula is C16H20N2O2. The molecule has 0 saturated carbocycles. The molecule has 4 nitrogen and oxygen atoms in total. The lowest BCUT2D eigenvalue weighted by Crippen LogP contribution is -2.42. The van der Waals surface area contributed by atoms with Gasteiger partial charge in [0.2, 0.25) is 0 Å². The van der Waals surface area contributed by atoms with Crippen LogP contribution in [-0.2, 0) is 16.0 Å². The molecule has 0 unspecified atom stereocenters. The predicted molar refractivity (Wildman–Crippen MR) is 76.0 cm³/mol. The number of fused-ring (bicyclic) bond motifs is 1. The zero-order valence-electron chi connectivity index (χ0n) is 11.6. The van der Waals surface area contributed by atoms with E-state index in [-0.39, 0.29) is 0 Å². The van der Waals surface area contributed by atoms with Gasteiger partial charge in [-0.3, -0.25) is 4.90 Å². The summed E-state index contributed by atoms with van der Waals surface area (Å²) in [5.41, 5.74) is 3.99. The third-order valence-electron chi connectivity index (χ3n) is 4.38. The molecule has 1 aromatic rings. The second-order valence-electron chi connectivity index (χ2n) is 5.71. The van der Waals surface area contributed by atoms with Crippen LogP contribution >= 0.6 is 0 Å². The lowest BCUT2D eigenvalue weighted by molar-refractivity contribution is -0.134. The topological polar surface area (TPSA) is 33.7 Å². The predicted octanol–water partition coefficient (Wildman–Crippen LogP) is 1.49. The molecule has 0 amide bonds. The van der Waals surface area contributed by atoms with E-state index in [1.807, 2.05) is 0 Å². The average Bonchev–Trinajstić information content (AvgIpc) is 3.09. The fraction of sp³-hybridized carbons (Fsp3) is 0.500. The molecular weight excluding hydrogens is 252 g/mol. The highest BCUT2D eigenvalue weighted by atomic mass is 16.7. The Labute approximate surface area is 119 Å². The maximum absolute atomic E-state index is 5.95. The summed E-state index contributed by atoms with van der Waals surface area (Å²) in [5, 5.41) is 3.53. The van der Waals surface area contributed by atoms with Crippen LogP contribution < -0.4 is 5.32 Å². The first-order chi connectivity index (χ1) is 9.86. The highest BCUT2D eigenvalue weighted by Crippen LogP contribution is 2.38. The van der Waals surface area contributed by atoms with Crippen LogP contribution in [-0.4, -0.2) is 43.5 Å². The molecule has 20 heavy (non-hydrogen) atoms. The van der Waals surface area contributed by atoms with E-state index in [0.717, 1.165) is 45.8 Å². The minimum absolute atomic E-state index is 0.425. The zero-order chi connectivity index (χ0) is 13.4. The highest BCUT2D eigenvalue weighted by Gasteiger charge is 2.46. The van der Waals surface area contributed by atoms with Gasteiger partial charge in [-0.2, -0.15) is 0 Å². The van der Waals surface area contributed by atoms with Gasteiger partial charge in [0.05, 0.1) is 13.2 Å². The average molecular weight is 272 g/mol. The van der Waals surface area contributed by atoms with E-state index in [2.05, 4.69) is 40.5 Å². The van der Waals surface area contributed by atoms with Crippen molar-refractivity contribution in [3.63, 3.8) is 0 Å². The van der Waals surface area contributed by atoms with Crippen LogP contribution in [0.5, 0.6) is 0 Å². The van der Waals surface area contributed by atoms with Crippen molar-refractivity contribution >= 4 is 0 Å². The third kappa shape index (κ3) is 2.04. The molecule has 1 fully saturated rings. The first kappa shape index (κ1) is 12.4. The normalized spacial score (nSPS) is 25.0. The van der Waals surface area contributed by atoms with Gasteiger partial charge < -0.3 is 14.8 Å². The van der Waals surface area contributed by atoms with E-state index in [9.17, 15) is 0 Å². The summed E-state index contributed by atoms with van der Waals surface area (Å²) in [6, 6.07) is 10.6. The van der Waals surface area contributed by atoms with E-state index < -0.39 is 5.79 Å². The molecule has 0 aliphatic carbocycles. The molecule has 106 valence electrons. The molecule has 0 atom stereocenters. The van der Waals surface area contributed by atoms with Crippen molar-refractivity contribution in [3.8, 4) is 0 Å². The van der Waals surface area contributed by atoms with Crippen molar-refractivity contribution in [3.05, 3.63) is 47.2 Å². The van der Waals surface area contributed by atoms with Gasteiger partial charge in [-0.25, -0.2) is 0 Å². The molecule has 1 spiro atoms. The maximum atomic E-state index is 5.95. The van der Waals surface area contributed by atoms with Crippen LogP contribution in [0, 0.1) is 0 Å². The molecule has 0 aromatic heterocycles. The van der Waals surface area contributed by atoms with E-state index >= 15 is 0 Å². The molecule has 3 heterocycles. The number of nitrogens with one attached hydrogen (secondary N) is 1. The van der Waals surface area contributed by atoms with E-state index in [1.165, 1.54) is 16.8 Å². The van der Waals surface area contributed by atoms with Crippen molar-refractivity contribution < 1.29 is 9.47 Å². The summed E-state index contributed by atoms with van der Waals surface area (Å²) in [4.78, 5) is 2.45. The minimum atomic E-state index is -0.425. The Morgan fingerprint density at radius 2 is 1.90 bits per heavy atom. The molecule has 3 aliphatic heterocycles. The Morgan fingerprint density at radius 1 is 1.10 bits per heavy atom. The van der Waals surface area contributed by atoms with Crippen molar-refractivity contribution in [2.75, 3.05) is 32.8 Å². The van der Waals surface area contributed by atoms with Gasteiger partial charge in [-0.05, 0) is 5.56 Å². The number of nitrogens with zero attached hydrogens (tertiary/aromatic N) is 1. The quantitative estimate of drug-likeness (QED) is 0.884. The lowest BCUT2D eigenvalue weighted by atomic mass is 9.98.